The van der Waals surface area contributed by atoms with Crippen LogP contribution in [0.4, 0.5) is 0 Å². The van der Waals surface area contributed by atoms with Crippen LogP contribution in [-0.2, 0) is 25.8 Å². The van der Waals surface area contributed by atoms with E-state index in [-0.39, 0.29) is 0 Å². The summed E-state index contributed by atoms with van der Waals surface area (Å²) in [6.45, 7) is 9.71. The van der Waals surface area contributed by atoms with Crippen molar-refractivity contribution in [2.24, 2.45) is 5.92 Å². The van der Waals surface area contributed by atoms with E-state index in [0.717, 1.165) is 62.0 Å². The van der Waals surface area contributed by atoms with Crippen LogP contribution in [0, 0.1) is 12.8 Å². The van der Waals surface area contributed by atoms with Crippen molar-refractivity contribution < 1.29 is 4.74 Å². The summed E-state index contributed by atoms with van der Waals surface area (Å²) < 4.78 is 6.03. The predicted octanol–water partition coefficient (Wildman–Crippen LogP) is 8.21. The number of rotatable bonds is 12. The highest BCUT2D eigenvalue weighted by Gasteiger charge is 2.20. The largest absolute Gasteiger partial charge is 0.496 e. The molecule has 0 saturated heterocycles. The fraction of sp³-hybridized carbons (Fsp3) is 0.500. The van der Waals surface area contributed by atoms with Gasteiger partial charge in [0.25, 0.3) is 0 Å². The third-order valence-electron chi connectivity index (χ3n) is 8.28. The van der Waals surface area contributed by atoms with Crippen LogP contribution in [0.15, 0.2) is 54.6 Å². The van der Waals surface area contributed by atoms with Crippen LogP contribution in [0.2, 0.25) is 0 Å². The zero-order chi connectivity index (χ0) is 26.0. The third-order valence-corrected chi connectivity index (χ3v) is 8.28. The van der Waals surface area contributed by atoms with E-state index in [2.05, 4.69) is 80.3 Å². The number of methoxy groups -OCH3 is 1. The van der Waals surface area contributed by atoms with Crippen molar-refractivity contribution in [3.05, 3.63) is 82.5 Å². The zero-order valence-electron chi connectivity index (χ0n) is 23.6. The predicted molar refractivity (Wildman–Crippen MR) is 156 cm³/mol. The number of hydrogen-bond acceptors (Lipinski definition) is 3. The second-order valence-electron chi connectivity index (χ2n) is 10.7. The van der Waals surface area contributed by atoms with Gasteiger partial charge < -0.3 is 4.74 Å². The van der Waals surface area contributed by atoms with Crippen LogP contribution in [0.1, 0.15) is 80.3 Å². The first-order valence-corrected chi connectivity index (χ1v) is 14.5. The first-order chi connectivity index (χ1) is 18.1. The molecule has 1 aliphatic rings. The standard InChI is InChI=1S/C34H46N2O/c1-5-29-18-13-19-30(6-2)34(29)32-24-33(37-4)31(26(3)35-32)25-36(22-20-27-14-9-7-10-15-27)23-21-28-16-11-8-12-17-28/h7,9-10,13-15,18-19,24,28H,5-6,8,11-12,16-17,20-23,25H2,1-4H3. The number of aromatic nitrogens is 1. The Balaban J connectivity index is 1.59. The summed E-state index contributed by atoms with van der Waals surface area (Å²) in [6.07, 6.45) is 11.4. The maximum absolute atomic E-state index is 6.03. The Labute approximate surface area is 225 Å². The molecule has 3 aromatic rings. The second-order valence-corrected chi connectivity index (χ2v) is 10.7. The molecule has 4 rings (SSSR count). The van der Waals surface area contributed by atoms with Gasteiger partial charge in [-0.15, -0.1) is 0 Å². The minimum atomic E-state index is 0.884. The lowest BCUT2D eigenvalue weighted by atomic mass is 9.87. The summed E-state index contributed by atoms with van der Waals surface area (Å²) in [7, 11) is 1.81. The fourth-order valence-corrected chi connectivity index (χ4v) is 6.01. The number of ether oxygens (including phenoxy) is 1. The normalized spacial score (nSPS) is 14.3. The highest BCUT2D eigenvalue weighted by Crippen LogP contribution is 2.34. The van der Waals surface area contributed by atoms with E-state index in [1.807, 2.05) is 7.11 Å². The Morgan fingerprint density at radius 3 is 2.24 bits per heavy atom. The molecular formula is C34H46N2O. The summed E-state index contributed by atoms with van der Waals surface area (Å²) in [6, 6.07) is 19.7. The van der Waals surface area contributed by atoms with Gasteiger partial charge >= 0.3 is 0 Å². The monoisotopic (exact) mass is 498 g/mol. The average molecular weight is 499 g/mol. The minimum absolute atomic E-state index is 0.884. The van der Waals surface area contributed by atoms with Gasteiger partial charge in [-0.3, -0.25) is 9.88 Å². The molecule has 1 aromatic heterocycles. The molecule has 3 nitrogen and oxygen atoms in total. The van der Waals surface area contributed by atoms with Crippen LogP contribution < -0.4 is 4.74 Å². The number of pyridine rings is 1. The third kappa shape index (κ3) is 7.23. The molecule has 0 atom stereocenters. The Bertz CT molecular complexity index is 1100. The molecular weight excluding hydrogens is 452 g/mol. The summed E-state index contributed by atoms with van der Waals surface area (Å²) in [4.78, 5) is 7.83. The van der Waals surface area contributed by atoms with Gasteiger partial charge in [0.2, 0.25) is 0 Å². The lowest BCUT2D eigenvalue weighted by Gasteiger charge is -2.28. The van der Waals surface area contributed by atoms with Gasteiger partial charge in [0.15, 0.2) is 0 Å². The molecule has 1 fully saturated rings. The first-order valence-electron chi connectivity index (χ1n) is 14.5. The van der Waals surface area contributed by atoms with E-state index in [4.69, 9.17) is 9.72 Å². The molecule has 1 heterocycles. The molecule has 1 aliphatic carbocycles. The van der Waals surface area contributed by atoms with E-state index in [1.165, 1.54) is 66.3 Å². The zero-order valence-corrected chi connectivity index (χ0v) is 23.6. The topological polar surface area (TPSA) is 25.4 Å². The van der Waals surface area contributed by atoms with Gasteiger partial charge in [0.1, 0.15) is 5.75 Å². The highest BCUT2D eigenvalue weighted by molar-refractivity contribution is 5.70. The highest BCUT2D eigenvalue weighted by atomic mass is 16.5. The van der Waals surface area contributed by atoms with Gasteiger partial charge in [-0.05, 0) is 61.8 Å². The van der Waals surface area contributed by atoms with E-state index in [1.54, 1.807) is 0 Å². The van der Waals surface area contributed by atoms with Crippen LogP contribution in [0.3, 0.4) is 0 Å². The number of benzene rings is 2. The SMILES string of the molecule is CCc1cccc(CC)c1-c1cc(OC)c(CN(CCc2ccccc2)CCC2CCCCC2)c(C)n1. The maximum Gasteiger partial charge on any atom is 0.127 e. The van der Waals surface area contributed by atoms with Gasteiger partial charge in [-0.25, -0.2) is 0 Å². The lowest BCUT2D eigenvalue weighted by Crippen LogP contribution is -2.29. The minimum Gasteiger partial charge on any atom is -0.496 e. The molecule has 0 radical (unpaired) electrons. The molecule has 2 aromatic carbocycles. The average Bonchev–Trinajstić information content (AvgIpc) is 2.95. The molecule has 0 spiro atoms. The maximum atomic E-state index is 6.03. The molecule has 198 valence electrons. The first kappa shape index (κ1) is 27.4. The molecule has 0 N–H and O–H groups in total. The summed E-state index contributed by atoms with van der Waals surface area (Å²) in [5.74, 6) is 1.85. The van der Waals surface area contributed by atoms with Gasteiger partial charge in [-0.1, -0.05) is 94.5 Å². The molecule has 37 heavy (non-hydrogen) atoms. The number of hydrogen-bond donors (Lipinski definition) is 0. The second kappa shape index (κ2) is 13.8. The van der Waals surface area contributed by atoms with Crippen molar-refractivity contribution in [1.82, 2.24) is 9.88 Å². The Morgan fingerprint density at radius 1 is 0.892 bits per heavy atom. The number of aryl methyl sites for hydroxylation is 3. The Morgan fingerprint density at radius 2 is 1.59 bits per heavy atom. The number of nitrogens with zero attached hydrogens (tertiary/aromatic N) is 2. The molecule has 0 aliphatic heterocycles. The molecule has 1 saturated carbocycles. The molecule has 3 heteroatoms. The van der Waals surface area contributed by atoms with Crippen LogP contribution >= 0.6 is 0 Å². The van der Waals surface area contributed by atoms with E-state index < -0.39 is 0 Å². The summed E-state index contributed by atoms with van der Waals surface area (Å²) >= 11 is 0. The summed E-state index contributed by atoms with van der Waals surface area (Å²) in [5.41, 5.74) is 8.78. The van der Waals surface area contributed by atoms with Crippen LogP contribution in [0.5, 0.6) is 5.75 Å². The molecule has 0 bridgehead atoms. The Hall–Kier alpha value is -2.65. The van der Waals surface area contributed by atoms with Crippen molar-refractivity contribution in [1.29, 1.82) is 0 Å². The smallest absolute Gasteiger partial charge is 0.127 e. The summed E-state index contributed by atoms with van der Waals surface area (Å²) in [5, 5.41) is 0. The van der Waals surface area contributed by atoms with Crippen molar-refractivity contribution in [3.8, 4) is 17.0 Å². The van der Waals surface area contributed by atoms with E-state index in [9.17, 15) is 0 Å². The van der Waals surface area contributed by atoms with Crippen molar-refractivity contribution in [2.75, 3.05) is 20.2 Å². The molecule has 0 unspecified atom stereocenters. The van der Waals surface area contributed by atoms with E-state index in [0.29, 0.717) is 0 Å². The lowest BCUT2D eigenvalue weighted by molar-refractivity contribution is 0.224. The van der Waals surface area contributed by atoms with Gasteiger partial charge in [-0.2, -0.15) is 0 Å². The van der Waals surface area contributed by atoms with Crippen molar-refractivity contribution in [2.45, 2.75) is 85.1 Å². The quantitative estimate of drug-likeness (QED) is 0.252. The van der Waals surface area contributed by atoms with E-state index >= 15 is 0 Å². The van der Waals surface area contributed by atoms with Crippen LogP contribution in [0.25, 0.3) is 11.3 Å². The van der Waals surface area contributed by atoms with Crippen molar-refractivity contribution >= 4 is 0 Å². The Kier molecular flexibility index (Phi) is 10.2. The van der Waals surface area contributed by atoms with Gasteiger partial charge in [0.05, 0.1) is 12.8 Å². The molecule has 0 amide bonds. The van der Waals surface area contributed by atoms with Crippen molar-refractivity contribution in [3.63, 3.8) is 0 Å². The fourth-order valence-electron chi connectivity index (χ4n) is 6.01. The van der Waals surface area contributed by atoms with Crippen LogP contribution in [-0.4, -0.2) is 30.1 Å². The van der Waals surface area contributed by atoms with Gasteiger partial charge in [0, 0.05) is 36.0 Å².